The third kappa shape index (κ3) is 6.52. The summed E-state index contributed by atoms with van der Waals surface area (Å²) < 4.78 is 8.91. The zero-order valence-electron chi connectivity index (χ0n) is 10.3. The van der Waals surface area contributed by atoms with Crippen LogP contribution in [0, 0.1) is 0 Å². The van der Waals surface area contributed by atoms with Gasteiger partial charge in [-0.15, -0.1) is 0 Å². The maximum absolute atomic E-state index is 11.3. The third-order valence-electron chi connectivity index (χ3n) is 1.98. The molecule has 0 unspecified atom stereocenters. The zero-order valence-corrected chi connectivity index (χ0v) is 10.3. The van der Waals surface area contributed by atoms with E-state index in [1.165, 1.54) is 26.4 Å². The first-order chi connectivity index (χ1) is 8.04. The van der Waals surface area contributed by atoms with Gasteiger partial charge in [-0.05, 0) is 12.5 Å². The first kappa shape index (κ1) is 15.4. The lowest BCUT2D eigenvalue weighted by molar-refractivity contribution is -0.138. The first-order valence-electron chi connectivity index (χ1n) is 5.29. The molecule has 0 bridgehead atoms. The fourth-order valence-corrected chi connectivity index (χ4v) is 1.09. The molecule has 1 atom stereocenters. The van der Waals surface area contributed by atoms with E-state index in [0.29, 0.717) is 6.42 Å². The van der Waals surface area contributed by atoms with Gasteiger partial charge in [-0.2, -0.15) is 0 Å². The van der Waals surface area contributed by atoms with E-state index in [0.717, 1.165) is 12.5 Å². The number of rotatable bonds is 6. The number of ether oxygens (including phenoxy) is 2. The van der Waals surface area contributed by atoms with E-state index in [2.05, 4.69) is 9.47 Å². The molecule has 0 aliphatic carbocycles. The summed E-state index contributed by atoms with van der Waals surface area (Å²) >= 11 is 0. The number of hydrogen-bond donors (Lipinski definition) is 1. The van der Waals surface area contributed by atoms with E-state index in [-0.39, 0.29) is 5.57 Å². The van der Waals surface area contributed by atoms with E-state index in [4.69, 9.17) is 0 Å². The molecule has 0 fully saturated rings. The van der Waals surface area contributed by atoms with Gasteiger partial charge in [0.2, 0.25) is 0 Å². The van der Waals surface area contributed by atoms with Crippen molar-refractivity contribution in [3.63, 3.8) is 0 Å². The van der Waals surface area contributed by atoms with Gasteiger partial charge in [0.25, 0.3) is 0 Å². The molecule has 0 saturated carbocycles. The Morgan fingerprint density at radius 2 is 1.94 bits per heavy atom. The van der Waals surface area contributed by atoms with Crippen LogP contribution in [0.4, 0.5) is 0 Å². The lowest BCUT2D eigenvalue weighted by atomic mass is 10.1. The molecule has 0 aliphatic rings. The van der Waals surface area contributed by atoms with E-state index in [1.54, 1.807) is 0 Å². The molecule has 0 heterocycles. The Labute approximate surface area is 101 Å². The second kappa shape index (κ2) is 8.52. The molecule has 5 nitrogen and oxygen atoms in total. The molecule has 0 aromatic carbocycles. The van der Waals surface area contributed by atoms with Crippen molar-refractivity contribution < 1.29 is 24.2 Å². The van der Waals surface area contributed by atoms with E-state index >= 15 is 0 Å². The molecule has 0 rings (SSSR count). The SMILES string of the molecule is CCC[C@H](O)C=CC(=CC(=O)OC)C(=O)OC. The second-order valence-corrected chi connectivity index (χ2v) is 3.33. The van der Waals surface area contributed by atoms with Gasteiger partial charge < -0.3 is 14.6 Å². The summed E-state index contributed by atoms with van der Waals surface area (Å²) in [4.78, 5) is 22.3. The number of methoxy groups -OCH3 is 2. The van der Waals surface area contributed by atoms with Gasteiger partial charge in [0.15, 0.2) is 0 Å². The Balaban J connectivity index is 4.77. The molecule has 0 aromatic rings. The van der Waals surface area contributed by atoms with Crippen molar-refractivity contribution in [2.75, 3.05) is 14.2 Å². The maximum Gasteiger partial charge on any atom is 0.338 e. The van der Waals surface area contributed by atoms with Gasteiger partial charge >= 0.3 is 11.9 Å². The van der Waals surface area contributed by atoms with Gasteiger partial charge in [0.05, 0.1) is 25.9 Å². The predicted molar refractivity (Wildman–Crippen MR) is 62.2 cm³/mol. The molecule has 0 saturated heterocycles. The summed E-state index contributed by atoms with van der Waals surface area (Å²) in [5.41, 5.74) is 0.0366. The van der Waals surface area contributed by atoms with Crippen molar-refractivity contribution in [3.8, 4) is 0 Å². The maximum atomic E-state index is 11.3. The van der Waals surface area contributed by atoms with Crippen molar-refractivity contribution in [2.24, 2.45) is 0 Å². The quantitative estimate of drug-likeness (QED) is 0.427. The third-order valence-corrected chi connectivity index (χ3v) is 1.98. The van der Waals surface area contributed by atoms with Crippen molar-refractivity contribution in [3.05, 3.63) is 23.8 Å². The van der Waals surface area contributed by atoms with Crippen LogP contribution in [0.15, 0.2) is 23.8 Å². The Bertz CT molecular complexity index is 317. The lowest BCUT2D eigenvalue weighted by Gasteiger charge is -2.03. The molecule has 0 amide bonds. The van der Waals surface area contributed by atoms with Crippen LogP contribution in [0.1, 0.15) is 19.8 Å². The second-order valence-electron chi connectivity index (χ2n) is 3.33. The highest BCUT2D eigenvalue weighted by molar-refractivity contribution is 5.98. The highest BCUT2D eigenvalue weighted by Gasteiger charge is 2.09. The summed E-state index contributed by atoms with van der Waals surface area (Å²) in [5, 5.41) is 9.46. The summed E-state index contributed by atoms with van der Waals surface area (Å²) in [6.45, 7) is 1.93. The van der Waals surface area contributed by atoms with E-state index in [1.807, 2.05) is 6.92 Å². The normalized spacial score (nSPS) is 13.5. The number of carbonyl (C=O) groups is 2. The molecule has 96 valence electrons. The van der Waals surface area contributed by atoms with Crippen LogP contribution in [0.2, 0.25) is 0 Å². The molecule has 1 N–H and O–H groups in total. The lowest BCUT2D eigenvalue weighted by Crippen LogP contribution is -2.08. The number of carbonyl (C=O) groups excluding carboxylic acids is 2. The standard InChI is InChI=1S/C12H18O5/c1-4-5-10(13)7-6-9(12(15)17-3)8-11(14)16-2/h6-8,10,13H,4-5H2,1-3H3/t10-/m0/s1. The monoisotopic (exact) mass is 242 g/mol. The number of hydrogen-bond acceptors (Lipinski definition) is 5. The Morgan fingerprint density at radius 1 is 1.29 bits per heavy atom. The van der Waals surface area contributed by atoms with Gasteiger partial charge in [-0.25, -0.2) is 9.59 Å². The number of aliphatic hydroxyl groups excluding tert-OH is 1. The molecule has 0 aromatic heterocycles. The van der Waals surface area contributed by atoms with Crippen LogP contribution < -0.4 is 0 Å². The van der Waals surface area contributed by atoms with Crippen LogP contribution >= 0.6 is 0 Å². The first-order valence-corrected chi connectivity index (χ1v) is 5.29. The van der Waals surface area contributed by atoms with Gasteiger partial charge in [-0.3, -0.25) is 0 Å². The van der Waals surface area contributed by atoms with Crippen molar-refractivity contribution in [1.29, 1.82) is 0 Å². The minimum atomic E-state index is -0.657. The Morgan fingerprint density at radius 3 is 2.41 bits per heavy atom. The Hall–Kier alpha value is -1.62. The van der Waals surface area contributed by atoms with Gasteiger partial charge in [-0.1, -0.05) is 19.4 Å². The average Bonchev–Trinajstić information content (AvgIpc) is 2.33. The number of esters is 2. The highest BCUT2D eigenvalue weighted by atomic mass is 16.5. The minimum absolute atomic E-state index is 0.0366. The number of aliphatic hydroxyl groups is 1. The van der Waals surface area contributed by atoms with Crippen molar-refractivity contribution >= 4 is 11.9 Å². The largest absolute Gasteiger partial charge is 0.466 e. The van der Waals surface area contributed by atoms with Crippen molar-refractivity contribution in [1.82, 2.24) is 0 Å². The van der Waals surface area contributed by atoms with E-state index in [9.17, 15) is 14.7 Å². The molecule has 0 aliphatic heterocycles. The summed E-state index contributed by atoms with van der Waals surface area (Å²) in [6.07, 6.45) is 4.56. The van der Waals surface area contributed by atoms with Gasteiger partial charge in [0.1, 0.15) is 0 Å². The van der Waals surface area contributed by atoms with Crippen LogP contribution in [-0.2, 0) is 19.1 Å². The molecular weight excluding hydrogens is 224 g/mol. The average molecular weight is 242 g/mol. The molecule has 17 heavy (non-hydrogen) atoms. The molecule has 5 heteroatoms. The fraction of sp³-hybridized carbons (Fsp3) is 0.500. The predicted octanol–water partition coefficient (Wildman–Crippen LogP) is 0.976. The molecule has 0 radical (unpaired) electrons. The fourth-order valence-electron chi connectivity index (χ4n) is 1.09. The van der Waals surface area contributed by atoms with Crippen LogP contribution in [0.25, 0.3) is 0 Å². The highest BCUT2D eigenvalue weighted by Crippen LogP contribution is 2.04. The summed E-state index contributed by atoms with van der Waals surface area (Å²) in [6, 6.07) is 0. The van der Waals surface area contributed by atoms with Crippen molar-refractivity contribution in [2.45, 2.75) is 25.9 Å². The molecular formula is C12H18O5. The van der Waals surface area contributed by atoms with Crippen LogP contribution in [0.5, 0.6) is 0 Å². The zero-order chi connectivity index (χ0) is 13.3. The minimum Gasteiger partial charge on any atom is -0.466 e. The van der Waals surface area contributed by atoms with Gasteiger partial charge in [0, 0.05) is 6.08 Å². The molecule has 0 spiro atoms. The summed E-state index contributed by atoms with van der Waals surface area (Å²) in [5.74, 6) is -1.31. The Kier molecular flexibility index (Phi) is 7.71. The van der Waals surface area contributed by atoms with Crippen LogP contribution in [0.3, 0.4) is 0 Å². The smallest absolute Gasteiger partial charge is 0.338 e. The van der Waals surface area contributed by atoms with Crippen LogP contribution in [-0.4, -0.2) is 37.4 Å². The van der Waals surface area contributed by atoms with E-state index < -0.39 is 18.0 Å². The topological polar surface area (TPSA) is 72.8 Å². The summed E-state index contributed by atoms with van der Waals surface area (Å²) in [7, 11) is 2.42.